The van der Waals surface area contributed by atoms with Crippen LogP contribution < -0.4 is 9.64 Å². The molecule has 4 aromatic heterocycles. The number of hydrogen-bond acceptors (Lipinski definition) is 8. The molecule has 3 aliphatic heterocycles. The first-order valence-corrected chi connectivity index (χ1v) is 15.5. The van der Waals surface area contributed by atoms with E-state index in [9.17, 15) is 9.65 Å². The van der Waals surface area contributed by atoms with Crippen molar-refractivity contribution >= 4 is 50.3 Å². The molecule has 226 valence electrons. The highest BCUT2D eigenvalue weighted by Crippen LogP contribution is 2.41. The molecule has 3 aliphatic rings. The summed E-state index contributed by atoms with van der Waals surface area (Å²) in [5, 5.41) is 18.4. The monoisotopic (exact) mass is 617 g/mol. The van der Waals surface area contributed by atoms with Crippen LogP contribution in [0.1, 0.15) is 38.5 Å². The molecule has 0 spiro atoms. The molecule has 1 aromatic carbocycles. The van der Waals surface area contributed by atoms with Crippen molar-refractivity contribution in [2.75, 3.05) is 37.7 Å². The number of fused-ring (bicyclic) bond motifs is 5. The van der Waals surface area contributed by atoms with E-state index in [1.165, 1.54) is 0 Å². The van der Waals surface area contributed by atoms with Gasteiger partial charge < -0.3 is 9.64 Å². The highest BCUT2D eigenvalue weighted by Gasteiger charge is 2.49. The van der Waals surface area contributed by atoms with E-state index >= 15 is 4.39 Å². The van der Waals surface area contributed by atoms with Crippen LogP contribution in [0.4, 0.5) is 14.6 Å². The number of nitrogens with one attached hydrogen (secondary N) is 1. The van der Waals surface area contributed by atoms with Gasteiger partial charge in [0.25, 0.3) is 0 Å². The van der Waals surface area contributed by atoms with Crippen LogP contribution in [0.5, 0.6) is 6.01 Å². The number of anilines is 1. The predicted molar refractivity (Wildman–Crippen MR) is 162 cm³/mol. The summed E-state index contributed by atoms with van der Waals surface area (Å²) in [6.45, 7) is 2.70. The molecule has 1 N–H and O–H groups in total. The lowest BCUT2D eigenvalue weighted by molar-refractivity contribution is 0.107. The molecule has 3 fully saturated rings. The number of benzene rings is 1. The van der Waals surface area contributed by atoms with Gasteiger partial charge in [0.1, 0.15) is 24.1 Å². The lowest BCUT2D eigenvalue weighted by Gasteiger charge is -2.31. The van der Waals surface area contributed by atoms with E-state index in [4.69, 9.17) is 21.3 Å². The van der Waals surface area contributed by atoms with Gasteiger partial charge in [0.2, 0.25) is 0 Å². The third-order valence-electron chi connectivity index (χ3n) is 9.62. The molecule has 0 radical (unpaired) electrons. The van der Waals surface area contributed by atoms with Gasteiger partial charge >= 0.3 is 6.01 Å². The Kier molecular flexibility index (Phi) is 6.57. The maximum Gasteiger partial charge on any atom is 0.319 e. The van der Waals surface area contributed by atoms with Gasteiger partial charge in [-0.2, -0.15) is 20.3 Å². The molecule has 7 heterocycles. The zero-order chi connectivity index (χ0) is 30.0. The average Bonchev–Trinajstić information content (AvgIpc) is 3.74. The van der Waals surface area contributed by atoms with Crippen LogP contribution >= 0.6 is 11.6 Å². The summed E-state index contributed by atoms with van der Waals surface area (Å²) in [5.74, 6) is -0.149. The van der Waals surface area contributed by atoms with Crippen molar-refractivity contribution in [1.82, 2.24) is 34.6 Å². The maximum absolute atomic E-state index is 16.8. The van der Waals surface area contributed by atoms with Crippen molar-refractivity contribution < 1.29 is 13.5 Å². The van der Waals surface area contributed by atoms with Crippen LogP contribution in [0.2, 0.25) is 5.02 Å². The van der Waals surface area contributed by atoms with Gasteiger partial charge in [-0.25, -0.2) is 13.8 Å². The molecule has 3 atom stereocenters. The van der Waals surface area contributed by atoms with Crippen LogP contribution in [-0.4, -0.2) is 79.1 Å². The lowest BCUT2D eigenvalue weighted by Crippen LogP contribution is -2.43. The molecular weight excluding hydrogens is 588 g/mol. The van der Waals surface area contributed by atoms with Gasteiger partial charge in [0, 0.05) is 43.6 Å². The van der Waals surface area contributed by atoms with Crippen LogP contribution in [0.15, 0.2) is 30.6 Å². The summed E-state index contributed by atoms with van der Waals surface area (Å²) in [6.07, 6.45) is 6.80. The predicted octanol–water partition coefficient (Wildman–Crippen LogP) is 5.72. The SMILES string of the molecule is N#CC1CCCN(c2nc(OC[C@@]34CCCN3C[C@H](F)C4)nc3c(F)c(-n4c5cn[nH]c5c5cccc(Cl)c54)ncc23)CC1. The molecule has 13 heteroatoms. The van der Waals surface area contributed by atoms with Crippen molar-refractivity contribution in [3.63, 3.8) is 0 Å². The second kappa shape index (κ2) is 10.5. The number of H-pyrrole nitrogens is 1. The Morgan fingerprint density at radius 1 is 1.11 bits per heavy atom. The number of rotatable bonds is 5. The largest absolute Gasteiger partial charge is 0.461 e. The summed E-state index contributed by atoms with van der Waals surface area (Å²) in [5.41, 5.74) is 1.61. The fourth-order valence-corrected chi connectivity index (χ4v) is 7.75. The minimum atomic E-state index is -0.897. The Labute approximate surface area is 256 Å². The van der Waals surface area contributed by atoms with E-state index in [-0.39, 0.29) is 29.9 Å². The Bertz CT molecular complexity index is 1950. The Morgan fingerprint density at radius 2 is 2.02 bits per heavy atom. The number of hydrogen-bond donors (Lipinski definition) is 1. The van der Waals surface area contributed by atoms with Crippen LogP contribution in [-0.2, 0) is 0 Å². The van der Waals surface area contributed by atoms with Gasteiger partial charge in [-0.15, -0.1) is 0 Å². The maximum atomic E-state index is 16.8. The average molecular weight is 618 g/mol. The minimum absolute atomic E-state index is 0.0274. The molecule has 3 saturated heterocycles. The van der Waals surface area contributed by atoms with Crippen molar-refractivity contribution in [3.05, 3.63) is 41.4 Å². The number of aromatic amines is 1. The van der Waals surface area contributed by atoms with E-state index < -0.39 is 17.5 Å². The van der Waals surface area contributed by atoms with Gasteiger partial charge in [-0.05, 0) is 44.7 Å². The van der Waals surface area contributed by atoms with Gasteiger partial charge in [-0.3, -0.25) is 14.6 Å². The minimum Gasteiger partial charge on any atom is -0.461 e. The molecule has 1 unspecified atom stereocenters. The first-order valence-electron chi connectivity index (χ1n) is 15.1. The number of nitriles is 1. The summed E-state index contributed by atoms with van der Waals surface area (Å²) in [7, 11) is 0. The number of ether oxygens (including phenoxy) is 1. The first-order chi connectivity index (χ1) is 21.5. The molecule has 44 heavy (non-hydrogen) atoms. The summed E-state index contributed by atoms with van der Waals surface area (Å²) in [4.78, 5) is 18.2. The van der Waals surface area contributed by atoms with E-state index in [2.05, 4.69) is 36.0 Å². The van der Waals surface area contributed by atoms with Crippen molar-refractivity contribution in [2.24, 2.45) is 5.92 Å². The number of aromatic nitrogens is 6. The smallest absolute Gasteiger partial charge is 0.319 e. The summed E-state index contributed by atoms with van der Waals surface area (Å²) in [6, 6.07) is 7.91. The van der Waals surface area contributed by atoms with Crippen LogP contribution in [0, 0.1) is 23.1 Å². The third-order valence-corrected chi connectivity index (χ3v) is 9.92. The normalized spacial score (nSPS) is 24.3. The number of nitrogens with zero attached hydrogens (tertiary/aromatic N) is 8. The topological polar surface area (TPSA) is 112 Å². The van der Waals surface area contributed by atoms with Gasteiger partial charge in [0.05, 0.1) is 44.8 Å². The fourth-order valence-electron chi connectivity index (χ4n) is 7.49. The standard InChI is InChI=1S/C31H30ClF2N9O/c32-22-6-1-5-20-25-23(15-37-40-25)43(27(20)22)29-24(34)26-21(14-36-29)28(41-9-2-4-18(13-35)7-11-41)39-30(38-26)44-17-31-8-3-10-42(31)16-19(33)12-31/h1,5-6,14-15,18-19H,2-4,7-12,16-17H2,(H,37,40)/t18?,19-,31+/m1/s1. The van der Waals surface area contributed by atoms with Crippen molar-refractivity contribution in [2.45, 2.75) is 50.2 Å². The molecule has 0 amide bonds. The van der Waals surface area contributed by atoms with E-state index in [0.29, 0.717) is 59.7 Å². The van der Waals surface area contributed by atoms with Crippen molar-refractivity contribution in [1.29, 1.82) is 5.26 Å². The van der Waals surface area contributed by atoms with Crippen LogP contribution in [0.25, 0.3) is 38.7 Å². The Balaban J connectivity index is 1.27. The number of halogens is 3. The number of para-hydroxylation sites is 1. The summed E-state index contributed by atoms with van der Waals surface area (Å²) < 4.78 is 39.2. The third kappa shape index (κ3) is 4.28. The van der Waals surface area contributed by atoms with Crippen LogP contribution in [0.3, 0.4) is 0 Å². The molecule has 0 bridgehead atoms. The quantitative estimate of drug-likeness (QED) is 0.266. The van der Waals surface area contributed by atoms with Gasteiger partial charge in [-0.1, -0.05) is 23.7 Å². The molecule has 5 aromatic rings. The highest BCUT2D eigenvalue weighted by molar-refractivity contribution is 6.36. The Hall–Kier alpha value is -4.08. The first kappa shape index (κ1) is 27.5. The molecular formula is C31H30ClF2N9O. The summed E-state index contributed by atoms with van der Waals surface area (Å²) >= 11 is 6.65. The highest BCUT2D eigenvalue weighted by atomic mass is 35.5. The number of alkyl halides is 1. The van der Waals surface area contributed by atoms with Crippen molar-refractivity contribution in [3.8, 4) is 17.9 Å². The lowest BCUT2D eigenvalue weighted by atomic mass is 9.95. The Morgan fingerprint density at radius 3 is 2.91 bits per heavy atom. The molecule has 0 saturated carbocycles. The fraction of sp³-hybridized carbons (Fsp3) is 0.452. The van der Waals surface area contributed by atoms with E-state index in [0.717, 1.165) is 43.1 Å². The molecule has 0 aliphatic carbocycles. The van der Waals surface area contributed by atoms with E-state index in [1.807, 2.05) is 12.1 Å². The zero-order valence-electron chi connectivity index (χ0n) is 23.9. The zero-order valence-corrected chi connectivity index (χ0v) is 24.7. The second-order valence-electron chi connectivity index (χ2n) is 12.2. The van der Waals surface area contributed by atoms with E-state index in [1.54, 1.807) is 23.0 Å². The molecule has 10 nitrogen and oxygen atoms in total. The second-order valence-corrected chi connectivity index (χ2v) is 12.6. The molecule has 8 rings (SSSR count). The van der Waals surface area contributed by atoms with Gasteiger partial charge in [0.15, 0.2) is 11.6 Å². The number of pyridine rings is 1.